The summed E-state index contributed by atoms with van der Waals surface area (Å²) in [5, 5.41) is 11.3. The van der Waals surface area contributed by atoms with Crippen LogP contribution in [0.1, 0.15) is 18.5 Å². The average molecular weight is 403 g/mol. The highest BCUT2D eigenvalue weighted by atomic mass is 19.1. The monoisotopic (exact) mass is 403 g/mol. The van der Waals surface area contributed by atoms with Crippen LogP contribution in [0.2, 0.25) is 0 Å². The average Bonchev–Trinajstić information content (AvgIpc) is 3.38. The lowest BCUT2D eigenvalue weighted by Crippen LogP contribution is -2.13. The topological polar surface area (TPSA) is 85.8 Å². The minimum absolute atomic E-state index is 0.0390. The molecule has 8 heteroatoms. The van der Waals surface area contributed by atoms with Crippen LogP contribution >= 0.6 is 0 Å². The molecule has 7 nitrogen and oxygen atoms in total. The number of nitrogens with zero attached hydrogens (tertiary/aromatic N) is 4. The first kappa shape index (κ1) is 18.2. The van der Waals surface area contributed by atoms with Crippen molar-refractivity contribution in [2.24, 2.45) is 5.92 Å². The lowest BCUT2D eigenvalue weighted by molar-refractivity contribution is -0.117. The summed E-state index contributed by atoms with van der Waals surface area (Å²) in [7, 11) is 0. The van der Waals surface area contributed by atoms with Crippen molar-refractivity contribution in [3.8, 4) is 28.5 Å². The van der Waals surface area contributed by atoms with E-state index in [0.717, 1.165) is 18.4 Å². The highest BCUT2D eigenvalue weighted by Gasteiger charge is 2.29. The molecule has 1 aliphatic rings. The fourth-order valence-electron chi connectivity index (χ4n) is 3.26. The van der Waals surface area contributed by atoms with Crippen LogP contribution in [-0.4, -0.2) is 25.8 Å². The lowest BCUT2D eigenvalue weighted by Gasteiger charge is -2.05. The summed E-state index contributed by atoms with van der Waals surface area (Å²) < 4.78 is 21.1. The number of hydrogen-bond donors (Lipinski definition) is 1. The Morgan fingerprint density at radius 3 is 2.83 bits per heavy atom. The van der Waals surface area contributed by atoms with E-state index in [2.05, 4.69) is 20.6 Å². The second kappa shape index (κ2) is 7.22. The summed E-state index contributed by atoms with van der Waals surface area (Å²) in [6, 6.07) is 13.7. The molecule has 1 amide bonds. The summed E-state index contributed by atoms with van der Waals surface area (Å²) in [5.74, 6) is 0.478. The van der Waals surface area contributed by atoms with Crippen LogP contribution in [0.5, 0.6) is 0 Å². The Labute approximate surface area is 171 Å². The molecule has 1 saturated carbocycles. The Kier molecular flexibility index (Phi) is 4.39. The standard InChI is InChI=1S/C22H18FN5O2/c1-13-17(12-24-28(13)19-8-3-2-7-18(19)23)22-26-20(27-30-22)15-5-4-6-16(11-15)25-21(29)14-9-10-14/h2-8,11-12,14H,9-10H2,1H3,(H,25,29). The predicted molar refractivity (Wildman–Crippen MR) is 108 cm³/mol. The third-order valence-corrected chi connectivity index (χ3v) is 5.08. The maximum absolute atomic E-state index is 14.1. The van der Waals surface area contributed by atoms with Crippen LogP contribution in [0, 0.1) is 18.7 Å². The maximum Gasteiger partial charge on any atom is 0.261 e. The number of carbonyl (C=O) groups excluding carboxylic acids is 1. The molecular weight excluding hydrogens is 385 g/mol. The number of hydrogen-bond acceptors (Lipinski definition) is 5. The Bertz CT molecular complexity index is 1240. The van der Waals surface area contributed by atoms with E-state index in [-0.39, 0.29) is 23.5 Å². The van der Waals surface area contributed by atoms with Gasteiger partial charge in [0.25, 0.3) is 5.89 Å². The number of benzene rings is 2. The number of carbonyl (C=O) groups is 1. The van der Waals surface area contributed by atoms with Crippen molar-refractivity contribution < 1.29 is 13.7 Å². The van der Waals surface area contributed by atoms with Gasteiger partial charge in [-0.2, -0.15) is 10.1 Å². The zero-order chi connectivity index (χ0) is 20.7. The van der Waals surface area contributed by atoms with Gasteiger partial charge in [0.1, 0.15) is 11.5 Å². The Balaban J connectivity index is 1.43. The van der Waals surface area contributed by atoms with Crippen LogP contribution in [0.3, 0.4) is 0 Å². The van der Waals surface area contributed by atoms with Crippen LogP contribution < -0.4 is 5.32 Å². The molecule has 2 heterocycles. The first-order valence-electron chi connectivity index (χ1n) is 9.65. The molecule has 1 fully saturated rings. The SMILES string of the molecule is Cc1c(-c2nc(-c3cccc(NC(=O)C4CC4)c3)no2)cnn1-c1ccccc1F. The zero-order valence-corrected chi connectivity index (χ0v) is 16.2. The molecule has 2 aromatic heterocycles. The molecule has 5 rings (SSSR count). The van der Waals surface area contributed by atoms with Gasteiger partial charge in [-0.3, -0.25) is 4.79 Å². The normalized spacial score (nSPS) is 13.4. The number of amides is 1. The lowest BCUT2D eigenvalue weighted by atomic mass is 10.2. The van der Waals surface area contributed by atoms with Crippen LogP contribution in [0.4, 0.5) is 10.1 Å². The van der Waals surface area contributed by atoms with Gasteiger partial charge in [0.2, 0.25) is 11.7 Å². The van der Waals surface area contributed by atoms with Crippen molar-refractivity contribution in [1.82, 2.24) is 19.9 Å². The van der Waals surface area contributed by atoms with Crippen molar-refractivity contribution in [2.75, 3.05) is 5.32 Å². The third kappa shape index (κ3) is 3.36. The number of anilines is 1. The summed E-state index contributed by atoms with van der Waals surface area (Å²) in [6.07, 6.45) is 3.46. The highest BCUT2D eigenvalue weighted by Crippen LogP contribution is 2.31. The molecule has 4 aromatic rings. The van der Waals surface area contributed by atoms with Crippen molar-refractivity contribution in [1.29, 1.82) is 0 Å². The molecule has 0 saturated heterocycles. The smallest absolute Gasteiger partial charge is 0.261 e. The van der Waals surface area contributed by atoms with Gasteiger partial charge in [-0.1, -0.05) is 29.4 Å². The Hall–Kier alpha value is -3.81. The van der Waals surface area contributed by atoms with Crippen molar-refractivity contribution in [2.45, 2.75) is 19.8 Å². The number of halogens is 1. The summed E-state index contributed by atoms with van der Waals surface area (Å²) in [5.41, 5.74) is 3.06. The van der Waals surface area contributed by atoms with E-state index >= 15 is 0 Å². The van der Waals surface area contributed by atoms with Gasteiger partial charge in [0, 0.05) is 17.2 Å². The van der Waals surface area contributed by atoms with E-state index in [1.165, 1.54) is 10.7 Å². The number of aromatic nitrogens is 4. The van der Waals surface area contributed by atoms with Crippen molar-refractivity contribution >= 4 is 11.6 Å². The van der Waals surface area contributed by atoms with Gasteiger partial charge in [-0.05, 0) is 44.0 Å². The van der Waals surface area contributed by atoms with E-state index < -0.39 is 0 Å². The Morgan fingerprint density at radius 2 is 2.03 bits per heavy atom. The highest BCUT2D eigenvalue weighted by molar-refractivity contribution is 5.94. The summed E-state index contributed by atoms with van der Waals surface area (Å²) in [6.45, 7) is 1.81. The fourth-order valence-corrected chi connectivity index (χ4v) is 3.26. The van der Waals surface area contributed by atoms with E-state index in [1.54, 1.807) is 24.4 Å². The quantitative estimate of drug-likeness (QED) is 0.534. The van der Waals surface area contributed by atoms with Crippen molar-refractivity contribution in [3.05, 3.63) is 66.2 Å². The second-order valence-electron chi connectivity index (χ2n) is 7.27. The number of rotatable bonds is 5. The van der Waals surface area contributed by atoms with Gasteiger partial charge in [-0.15, -0.1) is 0 Å². The molecule has 2 aromatic carbocycles. The summed E-state index contributed by atoms with van der Waals surface area (Å²) in [4.78, 5) is 16.5. The molecule has 0 radical (unpaired) electrons. The van der Waals surface area contributed by atoms with E-state index in [4.69, 9.17) is 4.52 Å². The molecular formula is C22H18FN5O2. The molecule has 0 spiro atoms. The van der Waals surface area contributed by atoms with E-state index in [9.17, 15) is 9.18 Å². The summed E-state index contributed by atoms with van der Waals surface area (Å²) >= 11 is 0. The zero-order valence-electron chi connectivity index (χ0n) is 16.2. The van der Waals surface area contributed by atoms with Gasteiger partial charge < -0.3 is 9.84 Å². The van der Waals surface area contributed by atoms with Gasteiger partial charge >= 0.3 is 0 Å². The number of para-hydroxylation sites is 1. The minimum Gasteiger partial charge on any atom is -0.333 e. The first-order chi connectivity index (χ1) is 14.6. The second-order valence-corrected chi connectivity index (χ2v) is 7.27. The molecule has 0 unspecified atom stereocenters. The van der Waals surface area contributed by atoms with Crippen molar-refractivity contribution in [3.63, 3.8) is 0 Å². The third-order valence-electron chi connectivity index (χ3n) is 5.08. The van der Waals surface area contributed by atoms with E-state index in [1.807, 2.05) is 31.2 Å². The first-order valence-corrected chi connectivity index (χ1v) is 9.65. The van der Waals surface area contributed by atoms with E-state index in [0.29, 0.717) is 28.5 Å². The molecule has 1 aliphatic carbocycles. The van der Waals surface area contributed by atoms with Crippen LogP contribution in [0.15, 0.2) is 59.3 Å². The van der Waals surface area contributed by atoms with Gasteiger partial charge in [-0.25, -0.2) is 9.07 Å². The number of nitrogens with one attached hydrogen (secondary N) is 1. The Morgan fingerprint density at radius 1 is 1.20 bits per heavy atom. The molecule has 150 valence electrons. The predicted octanol–water partition coefficient (Wildman–Crippen LogP) is 4.39. The van der Waals surface area contributed by atoms with Gasteiger partial charge in [0.05, 0.1) is 17.5 Å². The molecule has 0 aliphatic heterocycles. The minimum atomic E-state index is -0.369. The molecule has 0 bridgehead atoms. The largest absolute Gasteiger partial charge is 0.333 e. The molecule has 0 atom stereocenters. The molecule has 30 heavy (non-hydrogen) atoms. The van der Waals surface area contributed by atoms with Crippen LogP contribution in [0.25, 0.3) is 28.5 Å². The maximum atomic E-state index is 14.1. The van der Waals surface area contributed by atoms with Crippen LogP contribution in [-0.2, 0) is 4.79 Å². The van der Waals surface area contributed by atoms with Gasteiger partial charge in [0.15, 0.2) is 0 Å². The fraction of sp³-hybridized carbons (Fsp3) is 0.182. The molecule has 1 N–H and O–H groups in total.